The van der Waals surface area contributed by atoms with E-state index in [9.17, 15) is 8.42 Å². The summed E-state index contributed by atoms with van der Waals surface area (Å²) in [5, 5.41) is 0. The van der Waals surface area contributed by atoms with E-state index in [-0.39, 0.29) is 18.4 Å². The third-order valence-electron chi connectivity index (χ3n) is 3.57. The maximum absolute atomic E-state index is 12.3. The van der Waals surface area contributed by atoms with Gasteiger partial charge in [-0.2, -0.15) is 0 Å². The number of nitrogens with one attached hydrogen (secondary N) is 1. The molecular formula is C14H22BrClN2O2S. The number of hydrogen-bond donors (Lipinski definition) is 1. The number of nitrogens with zero attached hydrogens (tertiary/aromatic N) is 1. The summed E-state index contributed by atoms with van der Waals surface area (Å²) in [7, 11) is -3.40. The summed E-state index contributed by atoms with van der Waals surface area (Å²) in [6, 6.07) is 6.80. The van der Waals surface area contributed by atoms with Crippen LogP contribution in [-0.2, 0) is 10.0 Å². The van der Waals surface area contributed by atoms with Gasteiger partial charge < -0.3 is 4.90 Å². The van der Waals surface area contributed by atoms with Crippen molar-refractivity contribution in [1.29, 1.82) is 0 Å². The molecule has 1 aromatic rings. The fourth-order valence-corrected chi connectivity index (χ4v) is 4.06. The Balaban J connectivity index is 0.00000220. The average molecular weight is 398 g/mol. The Hall–Kier alpha value is -0.140. The largest absolute Gasteiger partial charge is 0.303 e. The zero-order valence-electron chi connectivity index (χ0n) is 12.1. The first-order valence-corrected chi connectivity index (χ1v) is 9.29. The highest BCUT2D eigenvalue weighted by molar-refractivity contribution is 9.10. The van der Waals surface area contributed by atoms with Crippen LogP contribution >= 0.6 is 28.3 Å². The highest BCUT2D eigenvalue weighted by atomic mass is 79.9. The summed E-state index contributed by atoms with van der Waals surface area (Å²) in [6.45, 7) is 5.22. The minimum absolute atomic E-state index is 0. The van der Waals surface area contributed by atoms with Crippen LogP contribution in [0.5, 0.6) is 0 Å². The average Bonchev–Trinajstić information content (AvgIpc) is 2.41. The van der Waals surface area contributed by atoms with Gasteiger partial charge in [-0.3, -0.25) is 0 Å². The Morgan fingerprint density at radius 3 is 2.33 bits per heavy atom. The van der Waals surface area contributed by atoms with Gasteiger partial charge in [0.05, 0.1) is 4.90 Å². The molecule has 1 aliphatic heterocycles. The Morgan fingerprint density at radius 2 is 1.81 bits per heavy atom. The molecule has 1 heterocycles. The van der Waals surface area contributed by atoms with Crippen molar-refractivity contribution in [3.63, 3.8) is 0 Å². The van der Waals surface area contributed by atoms with Gasteiger partial charge in [0.2, 0.25) is 10.0 Å². The third kappa shape index (κ3) is 5.53. The molecule has 2 rings (SSSR count). The van der Waals surface area contributed by atoms with Crippen LogP contribution in [0, 0.1) is 0 Å². The summed E-state index contributed by atoms with van der Waals surface area (Å²) in [6.07, 6.45) is 2.92. The Bertz CT molecular complexity index is 528. The van der Waals surface area contributed by atoms with E-state index >= 15 is 0 Å². The molecule has 1 N–H and O–H groups in total. The van der Waals surface area contributed by atoms with Crippen LogP contribution < -0.4 is 4.72 Å². The molecule has 0 bridgehead atoms. The van der Waals surface area contributed by atoms with Gasteiger partial charge in [0.25, 0.3) is 0 Å². The molecule has 0 aliphatic carbocycles. The molecule has 0 atom stereocenters. The van der Waals surface area contributed by atoms with E-state index in [4.69, 9.17) is 0 Å². The first-order chi connectivity index (χ1) is 9.51. The minimum atomic E-state index is -3.40. The lowest BCUT2D eigenvalue weighted by Crippen LogP contribution is -2.44. The summed E-state index contributed by atoms with van der Waals surface area (Å²) in [5.74, 6) is 0. The van der Waals surface area contributed by atoms with Crippen molar-refractivity contribution in [3.05, 3.63) is 28.7 Å². The molecule has 7 heteroatoms. The maximum Gasteiger partial charge on any atom is 0.240 e. The molecule has 0 saturated carbocycles. The number of likely N-dealkylation sites (tertiary alicyclic amines) is 1. The van der Waals surface area contributed by atoms with Crippen molar-refractivity contribution in [3.8, 4) is 0 Å². The van der Waals surface area contributed by atoms with Crippen molar-refractivity contribution in [2.45, 2.75) is 37.1 Å². The molecule has 0 radical (unpaired) electrons. The predicted molar refractivity (Wildman–Crippen MR) is 91.5 cm³/mol. The number of sulfonamides is 1. The molecule has 120 valence electrons. The highest BCUT2D eigenvalue weighted by Gasteiger charge is 2.24. The zero-order valence-corrected chi connectivity index (χ0v) is 15.3. The number of rotatable bonds is 5. The highest BCUT2D eigenvalue weighted by Crippen LogP contribution is 2.17. The SMILES string of the molecule is CCCN1CCC(NS(=O)(=O)c2ccc(Br)cc2)CC1.Cl. The van der Waals surface area contributed by atoms with Gasteiger partial charge in [-0.25, -0.2) is 13.1 Å². The maximum atomic E-state index is 12.3. The van der Waals surface area contributed by atoms with E-state index in [1.807, 2.05) is 0 Å². The van der Waals surface area contributed by atoms with E-state index in [1.165, 1.54) is 0 Å². The molecule has 4 nitrogen and oxygen atoms in total. The van der Waals surface area contributed by atoms with Gasteiger partial charge in [0, 0.05) is 10.5 Å². The zero-order chi connectivity index (χ0) is 14.6. The number of hydrogen-bond acceptors (Lipinski definition) is 3. The molecule has 0 spiro atoms. The lowest BCUT2D eigenvalue weighted by Gasteiger charge is -2.31. The van der Waals surface area contributed by atoms with Crippen molar-refractivity contribution >= 4 is 38.4 Å². The van der Waals surface area contributed by atoms with E-state index in [0.717, 1.165) is 43.4 Å². The fourth-order valence-electron chi connectivity index (χ4n) is 2.49. The van der Waals surface area contributed by atoms with Crippen LogP contribution in [0.1, 0.15) is 26.2 Å². The van der Waals surface area contributed by atoms with E-state index < -0.39 is 10.0 Å². The molecule has 1 fully saturated rings. The van der Waals surface area contributed by atoms with Crippen LogP contribution in [0.2, 0.25) is 0 Å². The first-order valence-electron chi connectivity index (χ1n) is 7.01. The fraction of sp³-hybridized carbons (Fsp3) is 0.571. The predicted octanol–water partition coefficient (Wildman–Crippen LogP) is 3.02. The van der Waals surface area contributed by atoms with Crippen molar-refractivity contribution in [2.75, 3.05) is 19.6 Å². The summed E-state index contributed by atoms with van der Waals surface area (Å²) >= 11 is 3.31. The minimum Gasteiger partial charge on any atom is -0.303 e. The van der Waals surface area contributed by atoms with Crippen LogP contribution in [-0.4, -0.2) is 39.0 Å². The smallest absolute Gasteiger partial charge is 0.240 e. The molecule has 0 unspecified atom stereocenters. The van der Waals surface area contributed by atoms with Crippen LogP contribution in [0.15, 0.2) is 33.6 Å². The lowest BCUT2D eigenvalue weighted by molar-refractivity contribution is 0.208. The van der Waals surface area contributed by atoms with E-state index in [1.54, 1.807) is 24.3 Å². The first kappa shape index (κ1) is 18.9. The van der Waals surface area contributed by atoms with Gasteiger partial charge in [-0.05, 0) is 63.2 Å². The number of halogens is 2. The molecule has 0 amide bonds. The van der Waals surface area contributed by atoms with Crippen LogP contribution in [0.25, 0.3) is 0 Å². The van der Waals surface area contributed by atoms with Crippen LogP contribution in [0.3, 0.4) is 0 Å². The Labute approximate surface area is 141 Å². The molecule has 1 aliphatic rings. The molecule has 21 heavy (non-hydrogen) atoms. The monoisotopic (exact) mass is 396 g/mol. The van der Waals surface area contributed by atoms with E-state index in [2.05, 4.69) is 32.5 Å². The van der Waals surface area contributed by atoms with Gasteiger partial charge in [-0.15, -0.1) is 12.4 Å². The summed E-state index contributed by atoms with van der Waals surface area (Å²) in [4.78, 5) is 2.72. The topological polar surface area (TPSA) is 49.4 Å². The molecule has 0 aromatic heterocycles. The van der Waals surface area contributed by atoms with Gasteiger partial charge in [0.1, 0.15) is 0 Å². The summed E-state index contributed by atoms with van der Waals surface area (Å²) in [5.41, 5.74) is 0. The lowest BCUT2D eigenvalue weighted by atomic mass is 10.1. The second-order valence-corrected chi connectivity index (χ2v) is 7.82. The molecule has 1 aromatic carbocycles. The second-order valence-electron chi connectivity index (χ2n) is 5.19. The van der Waals surface area contributed by atoms with Gasteiger partial charge in [-0.1, -0.05) is 22.9 Å². The van der Waals surface area contributed by atoms with Crippen molar-refractivity contribution < 1.29 is 8.42 Å². The Kier molecular flexibility index (Phi) is 7.64. The van der Waals surface area contributed by atoms with Crippen molar-refractivity contribution in [1.82, 2.24) is 9.62 Å². The van der Waals surface area contributed by atoms with E-state index in [0.29, 0.717) is 4.90 Å². The third-order valence-corrected chi connectivity index (χ3v) is 5.64. The number of piperidine rings is 1. The normalized spacial score (nSPS) is 17.4. The van der Waals surface area contributed by atoms with Crippen molar-refractivity contribution in [2.24, 2.45) is 0 Å². The van der Waals surface area contributed by atoms with Gasteiger partial charge >= 0.3 is 0 Å². The summed E-state index contributed by atoms with van der Waals surface area (Å²) < 4.78 is 28.3. The van der Waals surface area contributed by atoms with Crippen LogP contribution in [0.4, 0.5) is 0 Å². The molecule has 1 saturated heterocycles. The quantitative estimate of drug-likeness (QED) is 0.831. The number of benzene rings is 1. The molecular weight excluding hydrogens is 376 g/mol. The second kappa shape index (κ2) is 8.48. The van der Waals surface area contributed by atoms with Gasteiger partial charge in [0.15, 0.2) is 0 Å². The Morgan fingerprint density at radius 1 is 1.24 bits per heavy atom. The standard InChI is InChI=1S/C14H21BrN2O2S.ClH/c1-2-9-17-10-7-13(8-11-17)16-20(18,19)14-5-3-12(15)4-6-14;/h3-6,13,16H,2,7-11H2,1H3;1H.